The van der Waals surface area contributed by atoms with Gasteiger partial charge in [0.1, 0.15) is 11.6 Å². The normalized spacial score (nSPS) is 12.9. The third-order valence-corrected chi connectivity index (χ3v) is 5.39. The van der Waals surface area contributed by atoms with E-state index in [-0.39, 0.29) is 23.0 Å². The number of rotatable bonds is 8. The smallest absolute Gasteiger partial charge is 0.416 e. The number of aryl methyl sites for hydroxylation is 1. The SMILES string of the molecule is CCOC(=O)c1[nH]c(C)c(/C(Cl)=C/C(C(=O)O)N(C(=O)CCl)c2ccc(C(F)(F)F)cc2)c1C. The number of halogens is 5. The van der Waals surface area contributed by atoms with Crippen LogP contribution < -0.4 is 4.90 Å². The number of benzene rings is 1. The Bertz CT molecular complexity index is 1110. The molecule has 1 atom stereocenters. The average molecular weight is 521 g/mol. The van der Waals surface area contributed by atoms with Gasteiger partial charge in [-0.15, -0.1) is 11.6 Å². The minimum Gasteiger partial charge on any atom is -0.479 e. The molecule has 0 saturated heterocycles. The molecule has 1 unspecified atom stereocenters. The topological polar surface area (TPSA) is 99.7 Å². The first kappa shape index (κ1) is 27.3. The second-order valence-corrected chi connectivity index (χ2v) is 7.76. The summed E-state index contributed by atoms with van der Waals surface area (Å²) >= 11 is 12.1. The number of carbonyl (C=O) groups excluding carboxylic acids is 2. The summed E-state index contributed by atoms with van der Waals surface area (Å²) in [5, 5.41) is 9.73. The van der Waals surface area contributed by atoms with Crippen LogP contribution in [0.1, 0.15) is 39.8 Å². The van der Waals surface area contributed by atoms with Crippen molar-refractivity contribution < 1.29 is 37.4 Å². The Labute approximate surface area is 203 Å². The number of carboxylic acid groups (broad SMARTS) is 1. The highest BCUT2D eigenvalue weighted by Crippen LogP contribution is 2.33. The number of alkyl halides is 4. The van der Waals surface area contributed by atoms with E-state index in [1.54, 1.807) is 20.8 Å². The minimum atomic E-state index is -4.62. The van der Waals surface area contributed by atoms with Crippen LogP contribution in [-0.4, -0.2) is 46.5 Å². The number of carbonyl (C=O) groups is 3. The number of ether oxygens (including phenoxy) is 1. The lowest BCUT2D eigenvalue weighted by Crippen LogP contribution is -2.45. The molecule has 2 aromatic rings. The molecule has 12 heteroatoms. The first-order valence-electron chi connectivity index (χ1n) is 9.85. The number of hydrogen-bond acceptors (Lipinski definition) is 4. The number of aliphatic carboxylic acids is 1. The van der Waals surface area contributed by atoms with Crippen molar-refractivity contribution in [1.29, 1.82) is 0 Å². The summed E-state index contributed by atoms with van der Waals surface area (Å²) in [5.41, 5.74) is 0.189. The maximum absolute atomic E-state index is 12.9. The molecule has 0 aliphatic carbocycles. The van der Waals surface area contributed by atoms with Gasteiger partial charge in [-0.2, -0.15) is 13.2 Å². The molecule has 1 heterocycles. The molecule has 0 aliphatic heterocycles. The quantitative estimate of drug-likeness (QED) is 0.371. The number of carboxylic acids is 1. The molecular weight excluding hydrogens is 500 g/mol. The predicted molar refractivity (Wildman–Crippen MR) is 121 cm³/mol. The van der Waals surface area contributed by atoms with Crippen LogP contribution in [-0.2, 0) is 20.5 Å². The second-order valence-electron chi connectivity index (χ2n) is 7.09. The fourth-order valence-electron chi connectivity index (χ4n) is 3.33. The van der Waals surface area contributed by atoms with Crippen molar-refractivity contribution in [2.45, 2.75) is 33.0 Å². The molecular formula is C22H21Cl2F3N2O5. The van der Waals surface area contributed by atoms with Gasteiger partial charge in [0, 0.05) is 22.0 Å². The number of aromatic amines is 1. The van der Waals surface area contributed by atoms with Gasteiger partial charge in [0.05, 0.1) is 12.2 Å². The van der Waals surface area contributed by atoms with Crippen LogP contribution in [0.3, 0.4) is 0 Å². The number of hydrogen-bond donors (Lipinski definition) is 2. The summed E-state index contributed by atoms with van der Waals surface area (Å²) in [7, 11) is 0. The van der Waals surface area contributed by atoms with E-state index in [4.69, 9.17) is 27.9 Å². The van der Waals surface area contributed by atoms with Gasteiger partial charge in [-0.1, -0.05) is 11.6 Å². The molecule has 1 aromatic heterocycles. The van der Waals surface area contributed by atoms with Gasteiger partial charge in [0.25, 0.3) is 0 Å². The summed E-state index contributed by atoms with van der Waals surface area (Å²) in [6, 6.07) is 1.67. The Morgan fingerprint density at radius 2 is 1.79 bits per heavy atom. The molecule has 1 amide bonds. The highest BCUT2D eigenvalue weighted by Gasteiger charge is 2.33. The van der Waals surface area contributed by atoms with Crippen molar-refractivity contribution in [1.82, 2.24) is 4.98 Å². The average Bonchev–Trinajstić information content (AvgIpc) is 3.06. The van der Waals surface area contributed by atoms with Gasteiger partial charge in [-0.05, 0) is 56.7 Å². The lowest BCUT2D eigenvalue weighted by atomic mass is 10.1. The molecule has 2 N–H and O–H groups in total. The molecule has 34 heavy (non-hydrogen) atoms. The zero-order valence-corrected chi connectivity index (χ0v) is 19.8. The summed E-state index contributed by atoms with van der Waals surface area (Å²) in [5.74, 6) is -3.64. The largest absolute Gasteiger partial charge is 0.479 e. The fraction of sp³-hybridized carbons (Fsp3) is 0.318. The highest BCUT2D eigenvalue weighted by atomic mass is 35.5. The van der Waals surface area contributed by atoms with Crippen LogP contribution in [0.2, 0.25) is 0 Å². The standard InChI is InChI=1S/C22H21Cl2F3N2O5/c1-4-34-21(33)19-11(2)18(12(3)28-19)15(24)9-16(20(31)32)29(17(30)10-23)14-7-5-13(6-8-14)22(25,26)27/h5-9,16,28H,4,10H2,1-3H3,(H,31,32)/b15-9-. The molecule has 0 radical (unpaired) electrons. The molecule has 0 spiro atoms. The van der Waals surface area contributed by atoms with E-state index in [9.17, 15) is 32.7 Å². The first-order valence-corrected chi connectivity index (χ1v) is 10.8. The minimum absolute atomic E-state index is 0.103. The van der Waals surface area contributed by atoms with Crippen LogP contribution in [0.15, 0.2) is 30.3 Å². The van der Waals surface area contributed by atoms with Gasteiger partial charge in [0.2, 0.25) is 5.91 Å². The number of nitrogens with one attached hydrogen (secondary N) is 1. The Kier molecular flexibility index (Phi) is 8.79. The maximum atomic E-state index is 12.9. The lowest BCUT2D eigenvalue weighted by molar-refractivity contribution is -0.139. The van der Waals surface area contributed by atoms with Crippen LogP contribution >= 0.6 is 23.2 Å². The Hall–Kier alpha value is -2.98. The third kappa shape index (κ3) is 5.92. The summed E-state index contributed by atoms with van der Waals surface area (Å²) in [4.78, 5) is 40.3. The van der Waals surface area contributed by atoms with Gasteiger partial charge in [-0.25, -0.2) is 9.59 Å². The number of nitrogens with zero attached hydrogens (tertiary/aromatic N) is 1. The Balaban J connectivity index is 2.57. The molecule has 0 aliphatic rings. The monoisotopic (exact) mass is 520 g/mol. The Morgan fingerprint density at radius 1 is 1.21 bits per heavy atom. The van der Waals surface area contributed by atoms with Crippen molar-refractivity contribution in [2.75, 3.05) is 17.4 Å². The molecule has 0 bridgehead atoms. The summed E-state index contributed by atoms with van der Waals surface area (Å²) < 4.78 is 43.7. The number of aromatic nitrogens is 1. The van der Waals surface area contributed by atoms with Gasteiger partial charge in [0.15, 0.2) is 6.04 Å². The van der Waals surface area contributed by atoms with Crippen molar-refractivity contribution >= 4 is 51.8 Å². The van der Waals surface area contributed by atoms with E-state index >= 15 is 0 Å². The lowest BCUT2D eigenvalue weighted by Gasteiger charge is -2.27. The molecule has 0 saturated carbocycles. The third-order valence-electron chi connectivity index (χ3n) is 4.85. The molecule has 2 rings (SSSR count). The van der Waals surface area contributed by atoms with E-state index < -0.39 is 41.5 Å². The molecule has 1 aromatic carbocycles. The predicted octanol–water partition coefficient (Wildman–Crippen LogP) is 5.13. The number of H-pyrrole nitrogens is 1. The zero-order valence-electron chi connectivity index (χ0n) is 18.3. The van der Waals surface area contributed by atoms with Crippen molar-refractivity contribution in [3.63, 3.8) is 0 Å². The van der Waals surface area contributed by atoms with Crippen LogP contribution in [0.4, 0.5) is 18.9 Å². The maximum Gasteiger partial charge on any atom is 0.416 e. The van der Waals surface area contributed by atoms with Gasteiger partial charge < -0.3 is 14.8 Å². The van der Waals surface area contributed by atoms with E-state index in [1.807, 2.05) is 0 Å². The van der Waals surface area contributed by atoms with Gasteiger partial charge >= 0.3 is 18.1 Å². The van der Waals surface area contributed by atoms with Crippen LogP contribution in [0.5, 0.6) is 0 Å². The van der Waals surface area contributed by atoms with Crippen LogP contribution in [0, 0.1) is 13.8 Å². The Morgan fingerprint density at radius 3 is 2.26 bits per heavy atom. The van der Waals surface area contributed by atoms with Gasteiger partial charge in [-0.3, -0.25) is 9.69 Å². The number of anilines is 1. The number of amides is 1. The van der Waals surface area contributed by atoms with Crippen LogP contribution in [0.25, 0.3) is 5.03 Å². The van der Waals surface area contributed by atoms with E-state index in [1.165, 1.54) is 0 Å². The number of esters is 1. The summed E-state index contributed by atoms with van der Waals surface area (Å²) in [6.45, 7) is 4.96. The van der Waals surface area contributed by atoms with Crippen molar-refractivity contribution in [3.05, 3.63) is 58.4 Å². The van der Waals surface area contributed by atoms with E-state index in [0.717, 1.165) is 35.2 Å². The molecule has 7 nitrogen and oxygen atoms in total. The fourth-order valence-corrected chi connectivity index (χ4v) is 3.86. The molecule has 184 valence electrons. The van der Waals surface area contributed by atoms with Crippen molar-refractivity contribution in [3.8, 4) is 0 Å². The second kappa shape index (κ2) is 11.0. The first-order chi connectivity index (χ1) is 15.8. The van der Waals surface area contributed by atoms with Crippen molar-refractivity contribution in [2.24, 2.45) is 0 Å². The molecule has 0 fully saturated rings. The highest BCUT2D eigenvalue weighted by molar-refractivity contribution is 6.49. The van der Waals surface area contributed by atoms with E-state index in [2.05, 4.69) is 4.98 Å². The zero-order chi connectivity index (χ0) is 25.8. The van der Waals surface area contributed by atoms with E-state index in [0.29, 0.717) is 16.8 Å². The summed E-state index contributed by atoms with van der Waals surface area (Å²) in [6.07, 6.45) is -3.57.